The Kier molecular flexibility index (Phi) is 6.07. The van der Waals surface area contributed by atoms with E-state index in [4.69, 9.17) is 9.57 Å². The van der Waals surface area contributed by atoms with Crippen molar-refractivity contribution in [1.82, 2.24) is 10.3 Å². The van der Waals surface area contributed by atoms with Crippen molar-refractivity contribution in [2.24, 2.45) is 5.16 Å². The van der Waals surface area contributed by atoms with Gasteiger partial charge in [0.25, 0.3) is 5.91 Å². The lowest BCUT2D eigenvalue weighted by atomic mass is 9.93. The van der Waals surface area contributed by atoms with Crippen LogP contribution >= 0.6 is 0 Å². The van der Waals surface area contributed by atoms with E-state index < -0.39 is 5.60 Å². The highest BCUT2D eigenvalue weighted by atomic mass is 16.7. The van der Waals surface area contributed by atoms with Crippen molar-refractivity contribution in [2.45, 2.75) is 51.4 Å². The maximum absolute atomic E-state index is 13.6. The summed E-state index contributed by atoms with van der Waals surface area (Å²) in [7, 11) is 1.65. The number of rotatable bonds is 5. The lowest BCUT2D eigenvalue weighted by Gasteiger charge is -2.34. The minimum Gasteiger partial charge on any atom is -0.386 e. The van der Waals surface area contributed by atoms with Gasteiger partial charge in [0, 0.05) is 31.0 Å². The van der Waals surface area contributed by atoms with E-state index in [1.807, 2.05) is 62.1 Å². The zero-order valence-electron chi connectivity index (χ0n) is 18.6. The van der Waals surface area contributed by atoms with Crippen molar-refractivity contribution in [2.75, 3.05) is 25.1 Å². The van der Waals surface area contributed by atoms with E-state index in [-0.39, 0.29) is 18.1 Å². The van der Waals surface area contributed by atoms with Gasteiger partial charge in [0.15, 0.2) is 5.60 Å². The molecule has 164 valence electrons. The number of methoxy groups -OCH3 is 1. The Bertz CT molecular complexity index is 965. The molecule has 7 nitrogen and oxygen atoms in total. The van der Waals surface area contributed by atoms with Crippen LogP contribution < -0.4 is 10.2 Å². The molecule has 0 saturated carbocycles. The molecule has 7 heteroatoms. The molecule has 2 atom stereocenters. The zero-order chi connectivity index (χ0) is 22.0. The monoisotopic (exact) mass is 422 g/mol. The van der Waals surface area contributed by atoms with Crippen LogP contribution in [0.15, 0.2) is 47.8 Å². The summed E-state index contributed by atoms with van der Waals surface area (Å²) in [6.45, 7) is 7.63. The number of hydrogen-bond acceptors (Lipinski definition) is 6. The smallest absolute Gasteiger partial charge is 0.259 e. The quantitative estimate of drug-likeness (QED) is 0.800. The molecule has 4 rings (SSSR count). The van der Waals surface area contributed by atoms with Gasteiger partial charge in [-0.15, -0.1) is 0 Å². The molecule has 1 aromatic carbocycles. The first-order chi connectivity index (χ1) is 14.9. The van der Waals surface area contributed by atoms with E-state index in [0.29, 0.717) is 5.56 Å². The van der Waals surface area contributed by atoms with Crippen LogP contribution in [0.25, 0.3) is 0 Å². The number of carbonyl (C=O) groups is 1. The van der Waals surface area contributed by atoms with Crippen LogP contribution in [0.2, 0.25) is 0 Å². The summed E-state index contributed by atoms with van der Waals surface area (Å²) in [5.74, 6) is 0.676. The number of aryl methyl sites for hydroxylation is 1. The first-order valence-corrected chi connectivity index (χ1v) is 10.8. The number of nitrogens with one attached hydrogen (secondary N) is 1. The first kappa shape index (κ1) is 21.5. The van der Waals surface area contributed by atoms with Crippen LogP contribution in [-0.2, 0) is 9.57 Å². The van der Waals surface area contributed by atoms with Crippen molar-refractivity contribution < 1.29 is 14.4 Å². The maximum atomic E-state index is 13.6. The molecule has 31 heavy (non-hydrogen) atoms. The SMILES string of the molecule is CO[C@H]1C(c2ccc(C(=O)N(c3ncccc3C)[C@@H]3CCCNC3)cc2)=NOC1(C)C. The number of oxime groups is 1. The molecule has 0 aliphatic carbocycles. The van der Waals surface area contributed by atoms with E-state index in [9.17, 15) is 4.79 Å². The summed E-state index contributed by atoms with van der Waals surface area (Å²) in [6, 6.07) is 11.5. The van der Waals surface area contributed by atoms with Gasteiger partial charge in [-0.3, -0.25) is 9.69 Å². The number of pyridine rings is 1. The van der Waals surface area contributed by atoms with Crippen molar-refractivity contribution in [3.8, 4) is 0 Å². The third-order valence-corrected chi connectivity index (χ3v) is 5.99. The van der Waals surface area contributed by atoms with Gasteiger partial charge in [0.1, 0.15) is 17.6 Å². The van der Waals surface area contributed by atoms with Crippen molar-refractivity contribution in [1.29, 1.82) is 0 Å². The van der Waals surface area contributed by atoms with Crippen LogP contribution in [0, 0.1) is 6.92 Å². The molecule has 0 radical (unpaired) electrons. The fourth-order valence-electron chi connectivity index (χ4n) is 4.33. The summed E-state index contributed by atoms with van der Waals surface area (Å²) in [5, 5.41) is 7.64. The Hall–Kier alpha value is -2.77. The van der Waals surface area contributed by atoms with Crippen LogP contribution in [0.3, 0.4) is 0 Å². The molecule has 1 saturated heterocycles. The Labute approximate surface area is 183 Å². The van der Waals surface area contributed by atoms with Gasteiger partial charge in [-0.2, -0.15) is 0 Å². The zero-order valence-corrected chi connectivity index (χ0v) is 18.6. The lowest BCUT2D eigenvalue weighted by Crippen LogP contribution is -2.49. The Morgan fingerprint density at radius 1 is 1.26 bits per heavy atom. The molecular formula is C24H30N4O3. The third kappa shape index (κ3) is 4.20. The van der Waals surface area contributed by atoms with Crippen molar-refractivity contribution in [3.63, 3.8) is 0 Å². The maximum Gasteiger partial charge on any atom is 0.259 e. The molecule has 1 amide bonds. The summed E-state index contributed by atoms with van der Waals surface area (Å²) in [5.41, 5.74) is 2.70. The third-order valence-electron chi connectivity index (χ3n) is 5.99. The highest BCUT2D eigenvalue weighted by Crippen LogP contribution is 2.29. The second-order valence-electron chi connectivity index (χ2n) is 8.68. The van der Waals surface area contributed by atoms with Crippen LogP contribution in [0.4, 0.5) is 5.82 Å². The molecule has 0 bridgehead atoms. The van der Waals surface area contributed by atoms with Gasteiger partial charge in [-0.25, -0.2) is 4.98 Å². The summed E-state index contributed by atoms with van der Waals surface area (Å²) < 4.78 is 5.61. The highest BCUT2D eigenvalue weighted by Gasteiger charge is 2.42. The van der Waals surface area contributed by atoms with Gasteiger partial charge < -0.3 is 14.9 Å². The van der Waals surface area contributed by atoms with Crippen molar-refractivity contribution >= 4 is 17.4 Å². The van der Waals surface area contributed by atoms with E-state index in [1.54, 1.807) is 13.3 Å². The standard InChI is InChI=1S/C24H30N4O3/c1-16-7-5-14-26-22(16)28(19-8-6-13-25-15-19)23(29)18-11-9-17(10-12-18)20-21(30-4)24(2,3)31-27-20/h5,7,9-12,14,19,21,25H,6,8,13,15H2,1-4H3/t19-,21+/m1/s1. The van der Waals surface area contributed by atoms with Crippen molar-refractivity contribution in [3.05, 3.63) is 59.3 Å². The second kappa shape index (κ2) is 8.77. The lowest BCUT2D eigenvalue weighted by molar-refractivity contribution is -0.0614. The average molecular weight is 423 g/mol. The number of nitrogens with zero attached hydrogens (tertiary/aromatic N) is 3. The largest absolute Gasteiger partial charge is 0.386 e. The molecule has 2 aliphatic heterocycles. The van der Waals surface area contributed by atoms with Gasteiger partial charge in [-0.05, 0) is 63.9 Å². The van der Waals surface area contributed by atoms with E-state index in [0.717, 1.165) is 48.6 Å². The van der Waals surface area contributed by atoms with Gasteiger partial charge in [0.05, 0.1) is 6.04 Å². The Morgan fingerprint density at radius 2 is 2.03 bits per heavy atom. The number of aromatic nitrogens is 1. The van der Waals surface area contributed by atoms with Gasteiger partial charge >= 0.3 is 0 Å². The summed E-state index contributed by atoms with van der Waals surface area (Å²) in [6.07, 6.45) is 3.46. The highest BCUT2D eigenvalue weighted by molar-refractivity contribution is 6.08. The van der Waals surface area contributed by atoms with Crippen LogP contribution in [-0.4, -0.2) is 54.5 Å². The number of piperidine rings is 1. The topological polar surface area (TPSA) is 76.0 Å². The molecule has 1 fully saturated rings. The predicted molar refractivity (Wildman–Crippen MR) is 121 cm³/mol. The first-order valence-electron chi connectivity index (χ1n) is 10.8. The number of hydrogen-bond donors (Lipinski definition) is 1. The van der Waals surface area contributed by atoms with E-state index in [2.05, 4.69) is 15.5 Å². The molecule has 2 aliphatic rings. The molecule has 2 aromatic rings. The minimum absolute atomic E-state index is 0.0460. The molecule has 0 unspecified atom stereocenters. The number of ether oxygens (including phenoxy) is 1. The second-order valence-corrected chi connectivity index (χ2v) is 8.68. The molecule has 1 N–H and O–H groups in total. The van der Waals surface area contributed by atoms with E-state index >= 15 is 0 Å². The number of benzene rings is 1. The Balaban J connectivity index is 1.63. The number of carbonyl (C=O) groups excluding carboxylic acids is 1. The normalized spacial score (nSPS) is 22.5. The minimum atomic E-state index is -0.528. The summed E-state index contributed by atoms with van der Waals surface area (Å²) in [4.78, 5) is 25.6. The van der Waals surface area contributed by atoms with Crippen LogP contribution in [0.5, 0.6) is 0 Å². The fourth-order valence-corrected chi connectivity index (χ4v) is 4.33. The van der Waals surface area contributed by atoms with Gasteiger partial charge in [-0.1, -0.05) is 23.4 Å². The Morgan fingerprint density at radius 3 is 2.68 bits per heavy atom. The number of anilines is 1. The molecule has 3 heterocycles. The average Bonchev–Trinajstić information content (AvgIpc) is 3.10. The van der Waals surface area contributed by atoms with Gasteiger partial charge in [0.2, 0.25) is 0 Å². The van der Waals surface area contributed by atoms with Crippen LogP contribution in [0.1, 0.15) is 48.2 Å². The summed E-state index contributed by atoms with van der Waals surface area (Å²) >= 11 is 0. The predicted octanol–water partition coefficient (Wildman–Crippen LogP) is 3.32. The van der Waals surface area contributed by atoms with E-state index in [1.165, 1.54) is 0 Å². The molecule has 0 spiro atoms. The number of amides is 1. The molecular weight excluding hydrogens is 392 g/mol. The molecule has 1 aromatic heterocycles. The fraction of sp³-hybridized carbons (Fsp3) is 0.458.